The van der Waals surface area contributed by atoms with E-state index in [0.717, 1.165) is 0 Å². The lowest BCUT2D eigenvalue weighted by molar-refractivity contribution is -0.115. The van der Waals surface area contributed by atoms with Gasteiger partial charge in [-0.3, -0.25) is 14.5 Å². The Morgan fingerprint density at radius 3 is 2.65 bits per heavy atom. The van der Waals surface area contributed by atoms with Crippen LogP contribution in [0.2, 0.25) is 0 Å². The molecule has 7 nitrogen and oxygen atoms in total. The first-order valence-corrected chi connectivity index (χ1v) is 7.99. The molecule has 0 bridgehead atoms. The second kappa shape index (κ2) is 7.20. The number of hydrogen-bond acceptors (Lipinski definition) is 5. The zero-order valence-electron chi connectivity index (χ0n) is 14.1. The molecule has 2 amide bonds. The van der Waals surface area contributed by atoms with Gasteiger partial charge in [0.1, 0.15) is 17.3 Å². The molecule has 0 saturated carbocycles. The lowest BCUT2D eigenvalue weighted by Gasteiger charge is -2.20. The summed E-state index contributed by atoms with van der Waals surface area (Å²) in [5.74, 6) is -0.176. The third kappa shape index (κ3) is 3.33. The number of aromatic hydroxyl groups is 1. The number of anilines is 2. The van der Waals surface area contributed by atoms with Crippen molar-refractivity contribution in [3.8, 4) is 5.75 Å². The van der Waals surface area contributed by atoms with Crippen LogP contribution in [0.1, 0.15) is 12.5 Å². The van der Waals surface area contributed by atoms with Gasteiger partial charge in [0.05, 0.1) is 17.9 Å². The van der Waals surface area contributed by atoms with Gasteiger partial charge in [0.2, 0.25) is 5.91 Å². The van der Waals surface area contributed by atoms with Gasteiger partial charge in [0.15, 0.2) is 0 Å². The summed E-state index contributed by atoms with van der Waals surface area (Å²) >= 11 is 0. The zero-order valence-corrected chi connectivity index (χ0v) is 14.1. The number of phenols is 1. The minimum atomic E-state index is -0.358. The first kappa shape index (κ1) is 17.4. The third-order valence-corrected chi connectivity index (χ3v) is 3.86. The molecule has 0 spiro atoms. The van der Waals surface area contributed by atoms with E-state index in [0.29, 0.717) is 22.8 Å². The molecule has 132 valence electrons. The minimum absolute atomic E-state index is 0.0645. The number of nitrogens with one attached hydrogen (secondary N) is 1. The summed E-state index contributed by atoms with van der Waals surface area (Å²) in [7, 11) is 0. The number of nitrogens with zero attached hydrogens (tertiary/aromatic N) is 2. The van der Waals surface area contributed by atoms with Gasteiger partial charge >= 0.3 is 0 Å². The fourth-order valence-corrected chi connectivity index (χ4v) is 2.64. The van der Waals surface area contributed by atoms with Crippen LogP contribution in [0, 0.1) is 0 Å². The number of phenolic OH excluding ortho intramolecular Hbond substituents is 1. The van der Waals surface area contributed by atoms with E-state index in [1.807, 2.05) is 0 Å². The maximum absolute atomic E-state index is 12.9. The average Bonchev–Trinajstić information content (AvgIpc) is 2.91. The molecule has 1 heterocycles. The molecule has 1 aliphatic rings. The molecule has 0 radical (unpaired) electrons. The van der Waals surface area contributed by atoms with Crippen LogP contribution in [0.4, 0.5) is 11.4 Å². The molecular formula is C19H18N4O3. The number of amidine groups is 1. The Morgan fingerprint density at radius 2 is 1.92 bits per heavy atom. The monoisotopic (exact) mass is 350 g/mol. The topological polar surface area (TPSA) is 108 Å². The molecule has 3 rings (SSSR count). The Hall–Kier alpha value is -3.45. The smallest absolute Gasteiger partial charge is 0.282 e. The summed E-state index contributed by atoms with van der Waals surface area (Å²) < 4.78 is 0. The number of para-hydroxylation sites is 3. The summed E-state index contributed by atoms with van der Waals surface area (Å²) in [5.41, 5.74) is 7.02. The van der Waals surface area contributed by atoms with Crippen molar-refractivity contribution >= 4 is 35.1 Å². The summed E-state index contributed by atoms with van der Waals surface area (Å²) in [5, 5.41) is 12.6. The van der Waals surface area contributed by atoms with Crippen molar-refractivity contribution < 1.29 is 14.7 Å². The van der Waals surface area contributed by atoms with Gasteiger partial charge in [-0.15, -0.1) is 0 Å². The van der Waals surface area contributed by atoms with Crippen molar-refractivity contribution in [2.45, 2.75) is 6.92 Å². The predicted octanol–water partition coefficient (Wildman–Crippen LogP) is 2.10. The summed E-state index contributed by atoms with van der Waals surface area (Å²) in [6.45, 7) is 1.54. The summed E-state index contributed by atoms with van der Waals surface area (Å²) in [4.78, 5) is 30.2. The second-order valence-electron chi connectivity index (χ2n) is 5.66. The summed E-state index contributed by atoms with van der Waals surface area (Å²) in [6, 6.07) is 13.6. The Labute approximate surface area is 150 Å². The normalized spacial score (nSPS) is 15.3. The van der Waals surface area contributed by atoms with Crippen molar-refractivity contribution in [1.29, 1.82) is 0 Å². The van der Waals surface area contributed by atoms with Gasteiger partial charge < -0.3 is 16.2 Å². The Bertz CT molecular complexity index is 934. The maximum Gasteiger partial charge on any atom is 0.282 e. The molecule has 4 N–H and O–H groups in total. The van der Waals surface area contributed by atoms with Crippen LogP contribution in [0.25, 0.3) is 6.08 Å². The second-order valence-corrected chi connectivity index (χ2v) is 5.66. The molecule has 0 unspecified atom stereocenters. The van der Waals surface area contributed by atoms with Crippen LogP contribution in [-0.2, 0) is 9.59 Å². The van der Waals surface area contributed by atoms with Crippen molar-refractivity contribution in [3.05, 3.63) is 59.8 Å². The first-order valence-electron chi connectivity index (χ1n) is 7.99. The number of amides is 2. The van der Waals surface area contributed by atoms with E-state index in [-0.39, 0.29) is 29.8 Å². The molecule has 2 aromatic rings. The lowest BCUT2D eigenvalue weighted by atomic mass is 10.1. The number of carbonyl (C=O) groups excluding carboxylic acids is 2. The average molecular weight is 350 g/mol. The highest BCUT2D eigenvalue weighted by molar-refractivity contribution is 6.29. The Balaban J connectivity index is 1.97. The number of nitrogens with two attached hydrogens (primary N) is 1. The summed E-state index contributed by atoms with van der Waals surface area (Å²) in [6.07, 6.45) is 1.53. The standard InChI is InChI=1S/C19H18N4O3/c1-12-21-15(10-13-6-2-5-9-17(13)24)19(26)23(12)16-8-4-3-7-14(16)22-18(25)11-20/h2-10,24H,11,20H2,1H3,(H,22,25)/b15-10-. The Kier molecular flexibility index (Phi) is 4.81. The minimum Gasteiger partial charge on any atom is -0.507 e. The van der Waals surface area contributed by atoms with E-state index >= 15 is 0 Å². The highest BCUT2D eigenvalue weighted by Crippen LogP contribution is 2.31. The van der Waals surface area contributed by atoms with Crippen LogP contribution in [0.15, 0.2) is 59.2 Å². The van der Waals surface area contributed by atoms with E-state index in [4.69, 9.17) is 5.73 Å². The van der Waals surface area contributed by atoms with E-state index in [1.54, 1.807) is 49.4 Å². The zero-order chi connectivity index (χ0) is 18.7. The van der Waals surface area contributed by atoms with Crippen LogP contribution in [-0.4, -0.2) is 29.3 Å². The molecule has 0 aliphatic carbocycles. The highest BCUT2D eigenvalue weighted by Gasteiger charge is 2.30. The first-order chi connectivity index (χ1) is 12.5. The molecule has 0 fully saturated rings. The van der Waals surface area contributed by atoms with Gasteiger partial charge in [0.25, 0.3) is 5.91 Å². The fourth-order valence-electron chi connectivity index (χ4n) is 2.64. The van der Waals surface area contributed by atoms with Crippen LogP contribution in [0.5, 0.6) is 5.75 Å². The molecule has 0 saturated heterocycles. The van der Waals surface area contributed by atoms with Gasteiger partial charge in [-0.05, 0) is 31.2 Å². The van der Waals surface area contributed by atoms with E-state index in [9.17, 15) is 14.7 Å². The molecule has 26 heavy (non-hydrogen) atoms. The number of rotatable bonds is 4. The quantitative estimate of drug-likeness (QED) is 0.734. The number of benzene rings is 2. The van der Waals surface area contributed by atoms with Crippen LogP contribution in [0.3, 0.4) is 0 Å². The fraction of sp³-hybridized carbons (Fsp3) is 0.105. The maximum atomic E-state index is 12.9. The van der Waals surface area contributed by atoms with Crippen LogP contribution >= 0.6 is 0 Å². The van der Waals surface area contributed by atoms with E-state index < -0.39 is 0 Å². The lowest BCUT2D eigenvalue weighted by Crippen LogP contribution is -2.32. The van der Waals surface area contributed by atoms with Crippen molar-refractivity contribution in [2.75, 3.05) is 16.8 Å². The largest absolute Gasteiger partial charge is 0.507 e. The number of aliphatic imine (C=N–C) groups is 1. The number of carbonyl (C=O) groups is 2. The van der Waals surface area contributed by atoms with Gasteiger partial charge in [-0.25, -0.2) is 4.99 Å². The van der Waals surface area contributed by atoms with Gasteiger partial charge in [-0.2, -0.15) is 0 Å². The van der Waals surface area contributed by atoms with Crippen molar-refractivity contribution in [3.63, 3.8) is 0 Å². The SMILES string of the molecule is CC1=N/C(=C\c2ccccc2O)C(=O)N1c1ccccc1NC(=O)CN. The molecule has 2 aromatic carbocycles. The third-order valence-electron chi connectivity index (χ3n) is 3.86. The van der Waals surface area contributed by atoms with E-state index in [2.05, 4.69) is 10.3 Å². The molecule has 1 aliphatic heterocycles. The molecule has 7 heteroatoms. The van der Waals surface area contributed by atoms with Gasteiger partial charge in [-0.1, -0.05) is 30.3 Å². The van der Waals surface area contributed by atoms with Gasteiger partial charge in [0, 0.05) is 5.56 Å². The predicted molar refractivity (Wildman–Crippen MR) is 101 cm³/mol. The molecule has 0 atom stereocenters. The molecule has 0 aromatic heterocycles. The van der Waals surface area contributed by atoms with Crippen molar-refractivity contribution in [1.82, 2.24) is 0 Å². The molecular weight excluding hydrogens is 332 g/mol. The number of hydrogen-bond donors (Lipinski definition) is 3. The van der Waals surface area contributed by atoms with Crippen LogP contribution < -0.4 is 16.0 Å². The van der Waals surface area contributed by atoms with Crippen molar-refractivity contribution in [2.24, 2.45) is 10.7 Å². The highest BCUT2D eigenvalue weighted by atomic mass is 16.3. The van der Waals surface area contributed by atoms with E-state index in [1.165, 1.54) is 17.0 Å². The Morgan fingerprint density at radius 1 is 1.23 bits per heavy atom.